The van der Waals surface area contributed by atoms with E-state index in [9.17, 15) is 15.0 Å². The maximum atomic E-state index is 12.1. The molecule has 5 heteroatoms. The van der Waals surface area contributed by atoms with E-state index in [1.54, 1.807) is 17.0 Å². The number of rotatable bonds is 6. The van der Waals surface area contributed by atoms with Crippen LogP contribution in [0.25, 0.3) is 0 Å². The van der Waals surface area contributed by atoms with E-state index < -0.39 is 6.04 Å². The number of benzene rings is 1. The van der Waals surface area contributed by atoms with Crippen LogP contribution in [0.4, 0.5) is 0 Å². The van der Waals surface area contributed by atoms with Gasteiger partial charge < -0.3 is 20.8 Å². The van der Waals surface area contributed by atoms with Gasteiger partial charge >= 0.3 is 0 Å². The van der Waals surface area contributed by atoms with Gasteiger partial charge in [-0.15, -0.1) is 6.58 Å². The first-order valence-electron chi connectivity index (χ1n) is 6.15. The van der Waals surface area contributed by atoms with Crippen molar-refractivity contribution >= 4 is 5.91 Å². The highest BCUT2D eigenvalue weighted by atomic mass is 16.3. The summed E-state index contributed by atoms with van der Waals surface area (Å²) in [6.45, 7) is 6.51. The third-order valence-electron chi connectivity index (χ3n) is 2.86. The summed E-state index contributed by atoms with van der Waals surface area (Å²) in [7, 11) is 0. The van der Waals surface area contributed by atoms with E-state index in [-0.39, 0.29) is 17.4 Å². The third-order valence-corrected chi connectivity index (χ3v) is 2.86. The van der Waals surface area contributed by atoms with Crippen LogP contribution in [-0.4, -0.2) is 40.2 Å². The number of carbonyl (C=O) groups excluding carboxylic acids is 1. The minimum Gasteiger partial charge on any atom is -0.504 e. The Morgan fingerprint density at radius 3 is 2.68 bits per heavy atom. The molecule has 0 bridgehead atoms. The fourth-order valence-electron chi connectivity index (χ4n) is 1.80. The molecule has 0 saturated carbocycles. The van der Waals surface area contributed by atoms with Crippen molar-refractivity contribution in [2.24, 2.45) is 5.73 Å². The van der Waals surface area contributed by atoms with Gasteiger partial charge in [0.15, 0.2) is 11.5 Å². The van der Waals surface area contributed by atoms with Crippen LogP contribution in [0.2, 0.25) is 0 Å². The Balaban J connectivity index is 2.72. The molecule has 1 amide bonds. The highest BCUT2D eigenvalue weighted by molar-refractivity contribution is 5.82. The summed E-state index contributed by atoms with van der Waals surface area (Å²) in [5.74, 6) is -0.559. The lowest BCUT2D eigenvalue weighted by Gasteiger charge is -2.23. The molecule has 1 aromatic rings. The van der Waals surface area contributed by atoms with E-state index in [4.69, 9.17) is 5.73 Å². The fraction of sp³-hybridized carbons (Fsp3) is 0.357. The van der Waals surface area contributed by atoms with Crippen molar-refractivity contribution in [2.45, 2.75) is 19.4 Å². The monoisotopic (exact) mass is 264 g/mol. The lowest BCUT2D eigenvalue weighted by molar-refractivity contribution is -0.131. The Morgan fingerprint density at radius 2 is 2.16 bits per heavy atom. The first kappa shape index (κ1) is 15.0. The van der Waals surface area contributed by atoms with Crippen LogP contribution in [0.3, 0.4) is 0 Å². The molecule has 5 nitrogen and oxygen atoms in total. The Morgan fingerprint density at radius 1 is 1.47 bits per heavy atom. The summed E-state index contributed by atoms with van der Waals surface area (Å²) in [4.78, 5) is 13.7. The minimum absolute atomic E-state index is 0.157. The summed E-state index contributed by atoms with van der Waals surface area (Å²) >= 11 is 0. The number of hydrogen-bond donors (Lipinski definition) is 3. The number of nitrogens with zero attached hydrogens (tertiary/aromatic N) is 1. The van der Waals surface area contributed by atoms with Gasteiger partial charge in [0.25, 0.3) is 0 Å². The van der Waals surface area contributed by atoms with Crippen molar-refractivity contribution in [3.05, 3.63) is 36.4 Å². The second kappa shape index (κ2) is 6.80. The van der Waals surface area contributed by atoms with Crippen molar-refractivity contribution in [1.82, 2.24) is 4.90 Å². The zero-order valence-electron chi connectivity index (χ0n) is 11.0. The molecule has 0 spiro atoms. The van der Waals surface area contributed by atoms with Crippen LogP contribution >= 0.6 is 0 Å². The molecule has 0 aliphatic rings. The van der Waals surface area contributed by atoms with Crippen molar-refractivity contribution < 1.29 is 15.0 Å². The molecule has 0 radical (unpaired) electrons. The van der Waals surface area contributed by atoms with Crippen LogP contribution in [0.15, 0.2) is 30.9 Å². The Bertz CT molecular complexity index is 460. The van der Waals surface area contributed by atoms with Crippen LogP contribution < -0.4 is 5.73 Å². The Kier molecular flexibility index (Phi) is 5.38. The van der Waals surface area contributed by atoms with E-state index in [1.807, 2.05) is 6.92 Å². The number of likely N-dealkylation sites (N-methyl/N-ethyl adjacent to an activating group) is 1. The topological polar surface area (TPSA) is 86.8 Å². The minimum atomic E-state index is -0.677. The molecule has 0 heterocycles. The van der Waals surface area contributed by atoms with E-state index in [2.05, 4.69) is 6.58 Å². The number of aromatic hydroxyl groups is 2. The van der Waals surface area contributed by atoms with Gasteiger partial charge in [-0.1, -0.05) is 12.1 Å². The standard InChI is InChI=1S/C14H20N2O3/c1-3-7-16(4-2)14(19)11(15)8-10-5-6-12(17)13(18)9-10/h3,5-6,9,11,17-18H,1,4,7-8,15H2,2H3/t11-/m0/s1. The quantitative estimate of drug-likeness (QED) is 0.528. The normalized spacial score (nSPS) is 11.9. The Hall–Kier alpha value is -2.01. The molecule has 0 aliphatic heterocycles. The molecule has 0 saturated heterocycles. The van der Waals surface area contributed by atoms with Crippen molar-refractivity contribution in [2.75, 3.05) is 13.1 Å². The average Bonchev–Trinajstić information content (AvgIpc) is 2.39. The lowest BCUT2D eigenvalue weighted by Crippen LogP contribution is -2.44. The van der Waals surface area contributed by atoms with Crippen LogP contribution in [-0.2, 0) is 11.2 Å². The molecule has 1 aromatic carbocycles. The predicted octanol–water partition coefficient (Wildman–Crippen LogP) is 1.00. The molecule has 4 N–H and O–H groups in total. The van der Waals surface area contributed by atoms with Gasteiger partial charge in [0.1, 0.15) is 0 Å². The highest BCUT2D eigenvalue weighted by Crippen LogP contribution is 2.25. The molecule has 0 aromatic heterocycles. The van der Waals surface area contributed by atoms with Gasteiger partial charge in [0.05, 0.1) is 6.04 Å². The average molecular weight is 264 g/mol. The van der Waals surface area contributed by atoms with Gasteiger partial charge in [0.2, 0.25) is 5.91 Å². The van der Waals surface area contributed by atoms with Crippen molar-refractivity contribution in [1.29, 1.82) is 0 Å². The number of phenols is 2. The summed E-state index contributed by atoms with van der Waals surface area (Å²) in [6.07, 6.45) is 1.96. The first-order chi connectivity index (χ1) is 8.99. The number of amides is 1. The van der Waals surface area contributed by atoms with Crippen molar-refractivity contribution in [3.63, 3.8) is 0 Å². The summed E-state index contributed by atoms with van der Waals surface area (Å²) < 4.78 is 0. The molecule has 1 rings (SSSR count). The lowest BCUT2D eigenvalue weighted by atomic mass is 10.0. The SMILES string of the molecule is C=CCN(CC)C(=O)[C@@H](N)Cc1ccc(O)c(O)c1. The number of phenolic OH excluding ortho intramolecular Hbond substituents is 2. The van der Waals surface area contributed by atoms with Crippen molar-refractivity contribution in [3.8, 4) is 11.5 Å². The zero-order valence-corrected chi connectivity index (χ0v) is 11.0. The molecule has 1 atom stereocenters. The smallest absolute Gasteiger partial charge is 0.240 e. The zero-order chi connectivity index (χ0) is 14.4. The molecule has 0 fully saturated rings. The van der Waals surface area contributed by atoms with Gasteiger partial charge in [-0.2, -0.15) is 0 Å². The van der Waals surface area contributed by atoms with Gasteiger partial charge in [0, 0.05) is 13.1 Å². The molecule has 104 valence electrons. The van der Waals surface area contributed by atoms with Crippen LogP contribution in [0, 0.1) is 0 Å². The van der Waals surface area contributed by atoms with E-state index in [1.165, 1.54) is 12.1 Å². The second-order valence-electron chi connectivity index (χ2n) is 4.30. The second-order valence-corrected chi connectivity index (χ2v) is 4.30. The molecule has 0 aliphatic carbocycles. The number of nitrogens with two attached hydrogens (primary N) is 1. The molecule has 0 unspecified atom stereocenters. The predicted molar refractivity (Wildman–Crippen MR) is 73.9 cm³/mol. The fourth-order valence-corrected chi connectivity index (χ4v) is 1.80. The number of hydrogen-bond acceptors (Lipinski definition) is 4. The maximum Gasteiger partial charge on any atom is 0.240 e. The first-order valence-corrected chi connectivity index (χ1v) is 6.15. The summed E-state index contributed by atoms with van der Waals surface area (Å²) in [5.41, 5.74) is 6.57. The number of carbonyl (C=O) groups is 1. The molecular weight excluding hydrogens is 244 g/mol. The van der Waals surface area contributed by atoms with E-state index >= 15 is 0 Å². The summed E-state index contributed by atoms with van der Waals surface area (Å²) in [6, 6.07) is 3.74. The van der Waals surface area contributed by atoms with Crippen LogP contribution in [0.5, 0.6) is 11.5 Å². The molecule has 19 heavy (non-hydrogen) atoms. The molecular formula is C14H20N2O3. The third kappa shape index (κ3) is 3.99. The Labute approximate surface area is 113 Å². The van der Waals surface area contributed by atoms with Gasteiger partial charge in [-0.25, -0.2) is 0 Å². The van der Waals surface area contributed by atoms with E-state index in [0.717, 1.165) is 0 Å². The highest BCUT2D eigenvalue weighted by Gasteiger charge is 2.19. The largest absolute Gasteiger partial charge is 0.504 e. The van der Waals surface area contributed by atoms with E-state index in [0.29, 0.717) is 25.1 Å². The van der Waals surface area contributed by atoms with Gasteiger partial charge in [-0.3, -0.25) is 4.79 Å². The van der Waals surface area contributed by atoms with Gasteiger partial charge in [-0.05, 0) is 31.0 Å². The maximum absolute atomic E-state index is 12.1. The van der Waals surface area contributed by atoms with Crippen LogP contribution in [0.1, 0.15) is 12.5 Å². The summed E-state index contributed by atoms with van der Waals surface area (Å²) in [5, 5.41) is 18.6.